The molecule has 6 nitrogen and oxygen atoms in total. The van der Waals surface area contributed by atoms with Crippen LogP contribution in [-0.4, -0.2) is 17.8 Å². The highest BCUT2D eigenvalue weighted by Gasteiger charge is 2.79. The molecule has 4 aliphatic rings. The molecule has 0 aromatic rings. The monoisotopic (exact) mass is 312 g/mol. The van der Waals surface area contributed by atoms with Crippen molar-refractivity contribution in [3.05, 3.63) is 0 Å². The largest absolute Gasteiger partial charge is 0.447 e. The maximum absolute atomic E-state index is 9.94. The molecule has 1 saturated carbocycles. The second-order valence-corrected chi connectivity index (χ2v) is 6.74. The Morgan fingerprint density at radius 1 is 1.22 bits per heavy atom. The van der Waals surface area contributed by atoms with Crippen LogP contribution in [0.2, 0.25) is 0 Å². The molecule has 1 N–H and O–H groups in total. The minimum atomic E-state index is -1.63. The average Bonchev–Trinajstić information content (AvgIpc) is 2.58. The van der Waals surface area contributed by atoms with Crippen LogP contribution in [-0.2, 0) is 9.47 Å². The van der Waals surface area contributed by atoms with Gasteiger partial charge in [-0.05, 0) is 19.3 Å². The number of fused-ring (bicyclic) bond motifs is 2. The highest BCUT2D eigenvalue weighted by Crippen LogP contribution is 2.66. The van der Waals surface area contributed by atoms with Gasteiger partial charge in [-0.1, -0.05) is 26.2 Å². The van der Waals surface area contributed by atoms with Crippen molar-refractivity contribution in [1.82, 2.24) is 0 Å². The zero-order chi connectivity index (χ0) is 16.7. The Kier molecular flexibility index (Phi) is 3.58. The topological polar surface area (TPSA) is 114 Å². The quantitative estimate of drug-likeness (QED) is 0.860. The summed E-state index contributed by atoms with van der Waals surface area (Å²) >= 11 is 0. The van der Waals surface area contributed by atoms with Crippen LogP contribution in [0, 0.1) is 56.2 Å². The van der Waals surface area contributed by atoms with Crippen molar-refractivity contribution in [3.63, 3.8) is 0 Å². The number of ether oxygens (including phenoxy) is 2. The Morgan fingerprint density at radius 3 is 2.57 bits per heavy atom. The molecular formula is C17H20N4O2. The fraction of sp³-hybridized carbons (Fsp3) is 0.765. The minimum Gasteiger partial charge on any atom is -0.447 e. The van der Waals surface area contributed by atoms with Crippen LogP contribution >= 0.6 is 0 Å². The van der Waals surface area contributed by atoms with E-state index < -0.39 is 28.6 Å². The lowest BCUT2D eigenvalue weighted by atomic mass is 9.48. The van der Waals surface area contributed by atoms with E-state index >= 15 is 0 Å². The van der Waals surface area contributed by atoms with Crippen LogP contribution in [0.25, 0.3) is 0 Å². The first kappa shape index (κ1) is 15.8. The molecule has 0 aromatic heterocycles. The van der Waals surface area contributed by atoms with Gasteiger partial charge < -0.3 is 9.47 Å². The lowest BCUT2D eigenvalue weighted by Crippen LogP contribution is -2.75. The summed E-state index contributed by atoms with van der Waals surface area (Å²) in [5.74, 6) is -1.82. The van der Waals surface area contributed by atoms with E-state index in [-0.39, 0.29) is 5.90 Å². The van der Waals surface area contributed by atoms with Crippen LogP contribution in [0.1, 0.15) is 51.9 Å². The Hall–Kier alpha value is -2.10. The molecule has 4 fully saturated rings. The summed E-state index contributed by atoms with van der Waals surface area (Å²) in [6, 6.07) is 6.39. The molecule has 0 amide bonds. The van der Waals surface area contributed by atoms with Gasteiger partial charge in [0.1, 0.15) is 0 Å². The molecule has 1 aliphatic carbocycles. The van der Waals surface area contributed by atoms with Gasteiger partial charge in [0.25, 0.3) is 0 Å². The first-order chi connectivity index (χ1) is 11.1. The number of hydrogen-bond acceptors (Lipinski definition) is 6. The molecular weight excluding hydrogens is 292 g/mol. The molecule has 1 spiro atoms. The van der Waals surface area contributed by atoms with E-state index in [4.69, 9.17) is 14.9 Å². The first-order valence-corrected chi connectivity index (χ1v) is 8.26. The summed E-state index contributed by atoms with van der Waals surface area (Å²) < 4.78 is 12.0. The zero-order valence-corrected chi connectivity index (χ0v) is 13.3. The summed E-state index contributed by atoms with van der Waals surface area (Å²) in [6.45, 7) is 2.03. The summed E-state index contributed by atoms with van der Waals surface area (Å²) in [7, 11) is 0. The fourth-order valence-electron chi connectivity index (χ4n) is 4.62. The summed E-state index contributed by atoms with van der Waals surface area (Å²) in [5.41, 5.74) is -3.20. The molecule has 0 radical (unpaired) electrons. The Labute approximate surface area is 136 Å². The van der Waals surface area contributed by atoms with Crippen molar-refractivity contribution in [2.24, 2.45) is 16.7 Å². The number of rotatable bonds is 3. The van der Waals surface area contributed by atoms with Crippen molar-refractivity contribution >= 4 is 5.90 Å². The van der Waals surface area contributed by atoms with E-state index in [0.29, 0.717) is 19.3 Å². The van der Waals surface area contributed by atoms with Crippen molar-refractivity contribution < 1.29 is 9.47 Å². The summed E-state index contributed by atoms with van der Waals surface area (Å²) in [6.07, 6.45) is 4.56. The normalized spacial score (nSPS) is 40.2. The first-order valence-electron chi connectivity index (χ1n) is 8.26. The molecule has 23 heavy (non-hydrogen) atoms. The maximum Gasteiger partial charge on any atom is 0.217 e. The molecule has 3 saturated heterocycles. The molecule has 2 bridgehead atoms. The smallest absolute Gasteiger partial charge is 0.217 e. The van der Waals surface area contributed by atoms with Gasteiger partial charge in [-0.15, -0.1) is 0 Å². The SMILES string of the molecule is CCCC[C@H]1O[C@@]23CCCC[C@@H]2C(C#N)(C#N)[C@@]1(C#N)C(=N)O3. The van der Waals surface area contributed by atoms with Crippen molar-refractivity contribution in [2.45, 2.75) is 63.8 Å². The number of nitrogens with one attached hydrogen (secondary N) is 1. The van der Waals surface area contributed by atoms with E-state index in [2.05, 4.69) is 18.2 Å². The predicted octanol–water partition coefficient (Wildman–Crippen LogP) is 3.01. The average molecular weight is 312 g/mol. The summed E-state index contributed by atoms with van der Waals surface area (Å²) in [5, 5.41) is 38.1. The van der Waals surface area contributed by atoms with Crippen molar-refractivity contribution in [2.75, 3.05) is 0 Å². The molecule has 4 rings (SSSR count). The van der Waals surface area contributed by atoms with Gasteiger partial charge in [0.05, 0.1) is 30.2 Å². The highest BCUT2D eigenvalue weighted by molar-refractivity contribution is 5.88. The third-order valence-corrected chi connectivity index (χ3v) is 5.75. The van der Waals surface area contributed by atoms with E-state index in [1.54, 1.807) is 0 Å². The van der Waals surface area contributed by atoms with Gasteiger partial charge in [0.15, 0.2) is 10.8 Å². The van der Waals surface area contributed by atoms with Crippen molar-refractivity contribution in [3.8, 4) is 18.2 Å². The van der Waals surface area contributed by atoms with Gasteiger partial charge in [-0.3, -0.25) is 5.41 Å². The number of nitrogens with zero attached hydrogens (tertiary/aromatic N) is 3. The van der Waals surface area contributed by atoms with E-state index in [9.17, 15) is 15.8 Å². The standard InChI is InChI=1S/C17H20N4O2/c1-2-3-7-13-16(11-20)14(21)23-17(22-13)8-5-4-6-12(17)15(16,9-18)10-19/h12-13,21H,2-8H2,1H3/t12-,13-,16-,17-/m1/s1. The lowest BCUT2D eigenvalue weighted by Gasteiger charge is -2.63. The molecule has 4 atom stereocenters. The molecule has 3 heterocycles. The summed E-state index contributed by atoms with van der Waals surface area (Å²) in [4.78, 5) is 0. The van der Waals surface area contributed by atoms with Crippen LogP contribution in [0.15, 0.2) is 0 Å². The molecule has 120 valence electrons. The molecule has 6 heteroatoms. The van der Waals surface area contributed by atoms with E-state index in [1.807, 2.05) is 6.92 Å². The second kappa shape index (κ2) is 5.22. The third-order valence-electron chi connectivity index (χ3n) is 5.75. The van der Waals surface area contributed by atoms with E-state index in [1.165, 1.54) is 0 Å². The number of unbranched alkanes of at least 4 members (excludes halogenated alkanes) is 1. The number of nitriles is 3. The van der Waals surface area contributed by atoms with Crippen LogP contribution in [0.4, 0.5) is 0 Å². The highest BCUT2D eigenvalue weighted by atomic mass is 16.7. The molecule has 3 aliphatic heterocycles. The van der Waals surface area contributed by atoms with E-state index in [0.717, 1.165) is 25.7 Å². The van der Waals surface area contributed by atoms with Crippen LogP contribution in [0.3, 0.4) is 0 Å². The van der Waals surface area contributed by atoms with Crippen LogP contribution in [0.5, 0.6) is 0 Å². The minimum absolute atomic E-state index is 0.256. The fourth-order valence-corrected chi connectivity index (χ4v) is 4.62. The lowest BCUT2D eigenvalue weighted by molar-refractivity contribution is -0.358. The Bertz CT molecular complexity index is 641. The predicted molar refractivity (Wildman–Crippen MR) is 79.6 cm³/mol. The molecule has 0 aromatic carbocycles. The maximum atomic E-state index is 9.94. The van der Waals surface area contributed by atoms with Gasteiger partial charge in [-0.25, -0.2) is 0 Å². The zero-order valence-electron chi connectivity index (χ0n) is 13.3. The Balaban J connectivity index is 2.21. The third kappa shape index (κ3) is 1.66. The number of hydrogen-bond donors (Lipinski definition) is 1. The van der Waals surface area contributed by atoms with Gasteiger partial charge >= 0.3 is 0 Å². The van der Waals surface area contributed by atoms with Gasteiger partial charge in [0, 0.05) is 6.42 Å². The second-order valence-electron chi connectivity index (χ2n) is 6.74. The Morgan fingerprint density at radius 2 is 1.96 bits per heavy atom. The van der Waals surface area contributed by atoms with Gasteiger partial charge in [-0.2, -0.15) is 15.8 Å². The van der Waals surface area contributed by atoms with Crippen molar-refractivity contribution in [1.29, 1.82) is 21.2 Å². The molecule has 0 unspecified atom stereocenters. The van der Waals surface area contributed by atoms with Crippen LogP contribution < -0.4 is 0 Å². The van der Waals surface area contributed by atoms with Gasteiger partial charge in [0.2, 0.25) is 11.7 Å².